The average Bonchev–Trinajstić information content (AvgIpc) is 2.76. The Kier molecular flexibility index (Phi) is 5.40. The first-order valence-electron chi connectivity index (χ1n) is 8.77. The molecule has 25 heavy (non-hydrogen) atoms. The van der Waals surface area contributed by atoms with Crippen LogP contribution in [0.25, 0.3) is 0 Å². The lowest BCUT2D eigenvalue weighted by Crippen LogP contribution is -2.31. The largest absolute Gasteiger partial charge is 0.374 e. The minimum Gasteiger partial charge on any atom is -0.374 e. The fraction of sp³-hybridized carbons (Fsp3) is 0.400. The third-order valence-electron chi connectivity index (χ3n) is 4.60. The van der Waals surface area contributed by atoms with Crippen molar-refractivity contribution >= 4 is 27.9 Å². The Labute approximate surface area is 152 Å². The highest BCUT2D eigenvalue weighted by Crippen LogP contribution is 2.37. The Balaban J connectivity index is 1.72. The van der Waals surface area contributed by atoms with Gasteiger partial charge in [-0.15, -0.1) is 11.3 Å². The number of nitriles is 1. The van der Waals surface area contributed by atoms with Gasteiger partial charge >= 0.3 is 0 Å². The summed E-state index contributed by atoms with van der Waals surface area (Å²) in [6.45, 7) is 3.87. The minimum absolute atomic E-state index is 0.117. The second-order valence-electron chi connectivity index (χ2n) is 6.60. The van der Waals surface area contributed by atoms with Crippen LogP contribution in [0.1, 0.15) is 47.8 Å². The molecule has 0 aliphatic heterocycles. The second kappa shape index (κ2) is 7.71. The second-order valence-corrected chi connectivity index (χ2v) is 7.71. The molecule has 0 fully saturated rings. The van der Waals surface area contributed by atoms with E-state index in [1.807, 2.05) is 38.1 Å². The van der Waals surface area contributed by atoms with Gasteiger partial charge in [0.05, 0.1) is 5.56 Å². The fourth-order valence-electron chi connectivity index (χ4n) is 3.13. The Morgan fingerprint density at radius 1 is 1.20 bits per heavy atom. The number of nitrogens with zero attached hydrogens (tertiary/aromatic N) is 1. The monoisotopic (exact) mass is 353 g/mol. The minimum atomic E-state index is -0.379. The molecule has 3 rings (SSSR count). The van der Waals surface area contributed by atoms with E-state index in [4.69, 9.17) is 0 Å². The van der Waals surface area contributed by atoms with Crippen molar-refractivity contribution < 1.29 is 4.79 Å². The number of nitrogens with one attached hydrogen (secondary N) is 2. The molecule has 2 aromatic rings. The van der Waals surface area contributed by atoms with Gasteiger partial charge in [0.2, 0.25) is 5.91 Å². The molecule has 2 N–H and O–H groups in total. The molecule has 0 radical (unpaired) electrons. The van der Waals surface area contributed by atoms with Crippen LogP contribution >= 0.6 is 11.3 Å². The van der Waals surface area contributed by atoms with Gasteiger partial charge in [-0.1, -0.05) is 24.1 Å². The molecule has 0 saturated heterocycles. The number of aryl methyl sites for hydroxylation is 2. The smallest absolute Gasteiger partial charge is 0.247 e. The van der Waals surface area contributed by atoms with Gasteiger partial charge in [-0.05, 0) is 57.2 Å². The predicted octanol–water partition coefficient (Wildman–Crippen LogP) is 4.64. The van der Waals surface area contributed by atoms with Crippen molar-refractivity contribution in [3.8, 4) is 6.07 Å². The van der Waals surface area contributed by atoms with Crippen LogP contribution in [0, 0.1) is 18.3 Å². The van der Waals surface area contributed by atoms with Crippen molar-refractivity contribution in [2.75, 3.05) is 10.6 Å². The van der Waals surface area contributed by atoms with Crippen LogP contribution in [0.3, 0.4) is 0 Å². The van der Waals surface area contributed by atoms with Crippen molar-refractivity contribution in [3.63, 3.8) is 0 Å². The van der Waals surface area contributed by atoms with E-state index in [2.05, 4.69) is 16.7 Å². The summed E-state index contributed by atoms with van der Waals surface area (Å²) in [4.78, 5) is 13.8. The van der Waals surface area contributed by atoms with E-state index >= 15 is 0 Å². The Hall–Kier alpha value is -2.32. The first-order chi connectivity index (χ1) is 12.1. The number of rotatable bonds is 4. The predicted molar refractivity (Wildman–Crippen MR) is 103 cm³/mol. The molecular formula is C20H23N3OS. The molecule has 1 aliphatic carbocycles. The van der Waals surface area contributed by atoms with E-state index in [0.717, 1.165) is 36.9 Å². The molecule has 1 atom stereocenters. The highest BCUT2D eigenvalue weighted by molar-refractivity contribution is 7.16. The summed E-state index contributed by atoms with van der Waals surface area (Å²) in [5.74, 6) is -0.117. The summed E-state index contributed by atoms with van der Waals surface area (Å²) < 4.78 is 0. The molecule has 1 aliphatic rings. The van der Waals surface area contributed by atoms with Crippen LogP contribution in [0.4, 0.5) is 10.7 Å². The summed E-state index contributed by atoms with van der Waals surface area (Å²) in [6, 6.07) is 9.88. The molecule has 5 heteroatoms. The highest BCUT2D eigenvalue weighted by Gasteiger charge is 2.22. The van der Waals surface area contributed by atoms with E-state index in [1.54, 1.807) is 11.3 Å². The van der Waals surface area contributed by atoms with Crippen molar-refractivity contribution in [1.29, 1.82) is 5.26 Å². The summed E-state index contributed by atoms with van der Waals surface area (Å²) in [5, 5.41) is 16.4. The number of fused-ring (bicyclic) bond motifs is 1. The number of thiophene rings is 1. The molecule has 0 saturated carbocycles. The van der Waals surface area contributed by atoms with Gasteiger partial charge in [0.1, 0.15) is 17.1 Å². The molecular weight excluding hydrogens is 330 g/mol. The standard InChI is InChI=1S/C20H23N3OS/c1-13-8-10-15(11-9-13)22-14(2)19(24)23-20-17(12-21)16-6-4-3-5-7-18(16)25-20/h8-11,14,22H,3-7H2,1-2H3,(H,23,24)/t14-/m0/s1. The zero-order valence-electron chi connectivity index (χ0n) is 14.7. The van der Waals surface area contributed by atoms with Gasteiger partial charge < -0.3 is 10.6 Å². The van der Waals surface area contributed by atoms with Gasteiger partial charge in [0.25, 0.3) is 0 Å². The van der Waals surface area contributed by atoms with Crippen molar-refractivity contribution in [2.45, 2.75) is 52.0 Å². The maximum atomic E-state index is 12.6. The first-order valence-corrected chi connectivity index (χ1v) is 9.59. The maximum absolute atomic E-state index is 12.6. The summed E-state index contributed by atoms with van der Waals surface area (Å²) in [7, 11) is 0. The maximum Gasteiger partial charge on any atom is 0.247 e. The molecule has 1 aromatic carbocycles. The Morgan fingerprint density at radius 3 is 2.64 bits per heavy atom. The molecule has 0 bridgehead atoms. The van der Waals surface area contributed by atoms with Crippen LogP contribution in [0.15, 0.2) is 24.3 Å². The Bertz CT molecular complexity index is 802. The van der Waals surface area contributed by atoms with Crippen molar-refractivity contribution in [3.05, 3.63) is 45.8 Å². The van der Waals surface area contributed by atoms with Gasteiger partial charge in [-0.2, -0.15) is 5.26 Å². The Morgan fingerprint density at radius 2 is 1.92 bits per heavy atom. The lowest BCUT2D eigenvalue weighted by atomic mass is 10.1. The van der Waals surface area contributed by atoms with E-state index < -0.39 is 0 Å². The van der Waals surface area contributed by atoms with E-state index in [-0.39, 0.29) is 11.9 Å². The van der Waals surface area contributed by atoms with Crippen LogP contribution in [0.5, 0.6) is 0 Å². The lowest BCUT2D eigenvalue weighted by molar-refractivity contribution is -0.116. The van der Waals surface area contributed by atoms with Crippen LogP contribution < -0.4 is 10.6 Å². The SMILES string of the molecule is Cc1ccc(N[C@@H](C)C(=O)Nc2sc3c(c2C#N)CCCCC3)cc1. The molecule has 0 unspecified atom stereocenters. The number of carbonyl (C=O) groups excluding carboxylic acids is 1. The number of anilines is 2. The quantitative estimate of drug-likeness (QED) is 0.787. The molecule has 1 amide bonds. The summed E-state index contributed by atoms with van der Waals surface area (Å²) >= 11 is 1.57. The first kappa shape index (κ1) is 17.5. The normalized spacial score (nSPS) is 14.8. The fourth-order valence-corrected chi connectivity index (χ4v) is 4.38. The van der Waals surface area contributed by atoms with Gasteiger partial charge in [0.15, 0.2) is 0 Å². The number of amides is 1. The summed E-state index contributed by atoms with van der Waals surface area (Å²) in [5.41, 5.74) is 3.91. The van der Waals surface area contributed by atoms with Gasteiger partial charge in [0, 0.05) is 10.6 Å². The third-order valence-corrected chi connectivity index (χ3v) is 5.81. The van der Waals surface area contributed by atoms with Gasteiger partial charge in [-0.3, -0.25) is 4.79 Å². The van der Waals surface area contributed by atoms with Crippen LogP contribution in [0.2, 0.25) is 0 Å². The lowest BCUT2D eigenvalue weighted by Gasteiger charge is -2.15. The van der Waals surface area contributed by atoms with Crippen molar-refractivity contribution in [2.24, 2.45) is 0 Å². The summed E-state index contributed by atoms with van der Waals surface area (Å²) in [6.07, 6.45) is 5.46. The molecule has 4 nitrogen and oxygen atoms in total. The van der Waals surface area contributed by atoms with Crippen LogP contribution in [-0.2, 0) is 17.6 Å². The van der Waals surface area contributed by atoms with E-state index in [9.17, 15) is 10.1 Å². The van der Waals surface area contributed by atoms with E-state index in [0.29, 0.717) is 10.6 Å². The number of benzene rings is 1. The molecule has 0 spiro atoms. The number of hydrogen-bond donors (Lipinski definition) is 2. The van der Waals surface area contributed by atoms with Gasteiger partial charge in [-0.25, -0.2) is 0 Å². The highest BCUT2D eigenvalue weighted by atomic mass is 32.1. The van der Waals surface area contributed by atoms with Crippen LogP contribution in [-0.4, -0.2) is 11.9 Å². The molecule has 1 aromatic heterocycles. The zero-order chi connectivity index (χ0) is 17.8. The third kappa shape index (κ3) is 4.02. The number of hydrogen-bond acceptors (Lipinski definition) is 4. The zero-order valence-corrected chi connectivity index (χ0v) is 15.5. The molecule has 130 valence electrons. The van der Waals surface area contributed by atoms with E-state index in [1.165, 1.54) is 16.9 Å². The van der Waals surface area contributed by atoms with Crippen molar-refractivity contribution in [1.82, 2.24) is 0 Å². The molecule has 1 heterocycles. The number of carbonyl (C=O) groups is 1. The average molecular weight is 353 g/mol. The topological polar surface area (TPSA) is 64.9 Å².